The summed E-state index contributed by atoms with van der Waals surface area (Å²) in [6, 6.07) is 11.7. The van der Waals surface area contributed by atoms with E-state index in [1.54, 1.807) is 11.3 Å². The molecule has 0 aliphatic rings. The third-order valence-electron chi connectivity index (χ3n) is 2.95. The van der Waals surface area contributed by atoms with Gasteiger partial charge in [-0.1, -0.05) is 29.8 Å². The minimum absolute atomic E-state index is 0.200. The number of para-hydroxylation sites is 1. The van der Waals surface area contributed by atoms with Gasteiger partial charge in [0, 0.05) is 11.4 Å². The summed E-state index contributed by atoms with van der Waals surface area (Å²) < 4.78 is 4.76. The van der Waals surface area contributed by atoms with Crippen LogP contribution < -0.4 is 4.90 Å². The highest BCUT2D eigenvalue weighted by atomic mass is 35.5. The Morgan fingerprint density at radius 1 is 1.30 bits per heavy atom. The van der Waals surface area contributed by atoms with E-state index < -0.39 is 0 Å². The highest BCUT2D eigenvalue weighted by molar-refractivity contribution is 7.09. The minimum Gasteiger partial charge on any atom is -0.468 e. The number of carbonyl (C=O) groups is 1. The van der Waals surface area contributed by atoms with Gasteiger partial charge < -0.3 is 9.64 Å². The summed E-state index contributed by atoms with van der Waals surface area (Å²) in [5.41, 5.74) is 0.858. The van der Waals surface area contributed by atoms with E-state index in [0.717, 1.165) is 18.7 Å². The summed E-state index contributed by atoms with van der Waals surface area (Å²) in [5, 5.41) is 2.69. The highest BCUT2D eigenvalue weighted by Crippen LogP contribution is 2.25. The molecule has 3 nitrogen and oxygen atoms in total. The van der Waals surface area contributed by atoms with Crippen molar-refractivity contribution in [1.29, 1.82) is 0 Å². The molecular formula is C15H16ClNO2S. The maximum atomic E-state index is 11.6. The van der Waals surface area contributed by atoms with E-state index in [1.807, 2.05) is 35.2 Å². The molecular weight excluding hydrogens is 294 g/mol. The van der Waals surface area contributed by atoms with Crippen molar-refractivity contribution in [3.8, 4) is 0 Å². The van der Waals surface area contributed by atoms with Crippen LogP contribution in [0.3, 0.4) is 0 Å². The first-order valence-corrected chi connectivity index (χ1v) is 7.55. The smallest absolute Gasteiger partial charge is 0.325 e. The zero-order valence-electron chi connectivity index (χ0n) is 11.2. The maximum Gasteiger partial charge on any atom is 0.325 e. The third-order valence-corrected chi connectivity index (χ3v) is 4.20. The first-order valence-electron chi connectivity index (χ1n) is 6.29. The molecule has 0 aliphatic heterocycles. The van der Waals surface area contributed by atoms with Gasteiger partial charge in [-0.25, -0.2) is 0 Å². The molecule has 0 radical (unpaired) electrons. The molecule has 0 atom stereocenters. The monoisotopic (exact) mass is 309 g/mol. The number of hydrogen-bond donors (Lipinski definition) is 0. The predicted octanol–water partition coefficient (Wildman–Crippen LogP) is 3.62. The fourth-order valence-electron chi connectivity index (χ4n) is 1.91. The Morgan fingerprint density at radius 3 is 2.75 bits per heavy atom. The molecule has 0 spiro atoms. The van der Waals surface area contributed by atoms with E-state index in [1.165, 1.54) is 12.0 Å². The Morgan fingerprint density at radius 2 is 2.10 bits per heavy atom. The van der Waals surface area contributed by atoms with Gasteiger partial charge in [0.1, 0.15) is 6.54 Å². The number of anilines is 1. The van der Waals surface area contributed by atoms with Crippen LogP contribution in [0, 0.1) is 0 Å². The van der Waals surface area contributed by atoms with E-state index >= 15 is 0 Å². The lowest BCUT2D eigenvalue weighted by Crippen LogP contribution is -2.32. The molecule has 106 valence electrons. The molecule has 1 aromatic heterocycles. The van der Waals surface area contributed by atoms with E-state index in [2.05, 4.69) is 11.4 Å². The second-order valence-corrected chi connectivity index (χ2v) is 5.72. The normalized spacial score (nSPS) is 10.3. The van der Waals surface area contributed by atoms with Gasteiger partial charge in [0.05, 0.1) is 17.8 Å². The molecule has 0 saturated heterocycles. The van der Waals surface area contributed by atoms with Gasteiger partial charge in [0.2, 0.25) is 0 Å². The summed E-state index contributed by atoms with van der Waals surface area (Å²) in [5.74, 6) is -0.268. The summed E-state index contributed by atoms with van der Waals surface area (Å²) in [6.07, 6.45) is 0.875. The number of rotatable bonds is 6. The molecule has 0 amide bonds. The zero-order valence-corrected chi connectivity index (χ0v) is 12.8. The number of carbonyl (C=O) groups excluding carboxylic acids is 1. The molecule has 0 unspecified atom stereocenters. The number of nitrogens with zero attached hydrogens (tertiary/aromatic N) is 1. The maximum absolute atomic E-state index is 11.6. The van der Waals surface area contributed by atoms with Crippen LogP contribution in [0.4, 0.5) is 5.69 Å². The van der Waals surface area contributed by atoms with Crippen LogP contribution in [0.15, 0.2) is 41.8 Å². The van der Waals surface area contributed by atoms with Gasteiger partial charge in [-0.3, -0.25) is 4.79 Å². The lowest BCUT2D eigenvalue weighted by Gasteiger charge is -2.24. The van der Waals surface area contributed by atoms with Crippen molar-refractivity contribution in [3.05, 3.63) is 51.7 Å². The largest absolute Gasteiger partial charge is 0.468 e. The Balaban J connectivity index is 2.12. The summed E-state index contributed by atoms with van der Waals surface area (Å²) >= 11 is 7.93. The fourth-order valence-corrected chi connectivity index (χ4v) is 2.87. The first-order chi connectivity index (χ1) is 9.70. The van der Waals surface area contributed by atoms with Crippen molar-refractivity contribution in [2.75, 3.05) is 25.1 Å². The van der Waals surface area contributed by atoms with E-state index in [9.17, 15) is 4.79 Å². The van der Waals surface area contributed by atoms with Crippen LogP contribution in [0.2, 0.25) is 5.02 Å². The molecule has 0 N–H and O–H groups in total. The van der Waals surface area contributed by atoms with Crippen LogP contribution in [0.5, 0.6) is 0 Å². The second kappa shape index (κ2) is 7.31. The second-order valence-electron chi connectivity index (χ2n) is 4.28. The Bertz CT molecular complexity index is 557. The topological polar surface area (TPSA) is 29.5 Å². The molecule has 5 heteroatoms. The predicted molar refractivity (Wildman–Crippen MR) is 83.7 cm³/mol. The molecule has 20 heavy (non-hydrogen) atoms. The Hall–Kier alpha value is -1.52. The van der Waals surface area contributed by atoms with Crippen LogP contribution >= 0.6 is 22.9 Å². The van der Waals surface area contributed by atoms with Crippen LogP contribution in [-0.2, 0) is 16.0 Å². The molecule has 1 heterocycles. The zero-order chi connectivity index (χ0) is 14.4. The SMILES string of the molecule is COC(=O)CN(CCc1cccs1)c1ccccc1Cl. The van der Waals surface area contributed by atoms with E-state index in [0.29, 0.717) is 5.02 Å². The van der Waals surface area contributed by atoms with Gasteiger partial charge in [-0.05, 0) is 30.0 Å². The van der Waals surface area contributed by atoms with Gasteiger partial charge in [-0.15, -0.1) is 11.3 Å². The van der Waals surface area contributed by atoms with Gasteiger partial charge in [-0.2, -0.15) is 0 Å². The summed E-state index contributed by atoms with van der Waals surface area (Å²) in [6.45, 7) is 0.922. The molecule has 2 rings (SSSR count). The lowest BCUT2D eigenvalue weighted by atomic mass is 10.2. The minimum atomic E-state index is -0.268. The third kappa shape index (κ3) is 3.99. The number of halogens is 1. The van der Waals surface area contributed by atoms with Crippen molar-refractivity contribution >= 4 is 34.6 Å². The van der Waals surface area contributed by atoms with Gasteiger partial charge in [0.25, 0.3) is 0 Å². The van der Waals surface area contributed by atoms with Crippen LogP contribution in [0.1, 0.15) is 4.88 Å². The van der Waals surface area contributed by atoms with Crippen molar-refractivity contribution in [2.45, 2.75) is 6.42 Å². The number of ether oxygens (including phenoxy) is 1. The number of hydrogen-bond acceptors (Lipinski definition) is 4. The van der Waals surface area contributed by atoms with Crippen LogP contribution in [0.25, 0.3) is 0 Å². The number of thiophene rings is 1. The molecule has 0 bridgehead atoms. The quantitative estimate of drug-likeness (QED) is 0.763. The molecule has 0 aliphatic carbocycles. The molecule has 0 fully saturated rings. The molecule has 2 aromatic rings. The average Bonchev–Trinajstić information content (AvgIpc) is 2.97. The molecule has 1 aromatic carbocycles. The average molecular weight is 310 g/mol. The van der Waals surface area contributed by atoms with Gasteiger partial charge >= 0.3 is 5.97 Å². The van der Waals surface area contributed by atoms with Crippen LogP contribution in [-0.4, -0.2) is 26.2 Å². The lowest BCUT2D eigenvalue weighted by molar-refractivity contribution is -0.138. The van der Waals surface area contributed by atoms with Crippen molar-refractivity contribution in [1.82, 2.24) is 0 Å². The number of esters is 1. The number of benzene rings is 1. The van der Waals surface area contributed by atoms with Crippen molar-refractivity contribution in [2.24, 2.45) is 0 Å². The summed E-state index contributed by atoms with van der Waals surface area (Å²) in [7, 11) is 1.40. The summed E-state index contributed by atoms with van der Waals surface area (Å²) in [4.78, 5) is 14.8. The first kappa shape index (κ1) is 14.9. The van der Waals surface area contributed by atoms with Crippen molar-refractivity contribution in [3.63, 3.8) is 0 Å². The standard InChI is InChI=1S/C15H16ClNO2S/c1-19-15(18)11-17(9-8-12-5-4-10-20-12)14-7-3-2-6-13(14)16/h2-7,10H,8-9,11H2,1H3. The Kier molecular flexibility index (Phi) is 5.44. The van der Waals surface area contributed by atoms with Gasteiger partial charge in [0.15, 0.2) is 0 Å². The van der Waals surface area contributed by atoms with E-state index in [4.69, 9.17) is 16.3 Å². The van der Waals surface area contributed by atoms with Crippen molar-refractivity contribution < 1.29 is 9.53 Å². The number of methoxy groups -OCH3 is 1. The highest BCUT2D eigenvalue weighted by Gasteiger charge is 2.14. The molecule has 0 saturated carbocycles. The fraction of sp³-hybridized carbons (Fsp3) is 0.267. The van der Waals surface area contributed by atoms with E-state index in [-0.39, 0.29) is 12.5 Å². The Labute approximate surface area is 127 Å².